The molecular weight excluding hydrogens is 144 g/mol. The van der Waals surface area contributed by atoms with Crippen LogP contribution in [-0.2, 0) is 9.53 Å². The van der Waals surface area contributed by atoms with E-state index in [1.807, 2.05) is 4.90 Å². The zero-order valence-electron chi connectivity index (χ0n) is 6.45. The molecule has 2 N–H and O–H groups in total. The van der Waals surface area contributed by atoms with Crippen molar-refractivity contribution < 1.29 is 9.53 Å². The summed E-state index contributed by atoms with van der Waals surface area (Å²) in [4.78, 5) is 12.3. The van der Waals surface area contributed by atoms with E-state index in [0.717, 1.165) is 0 Å². The van der Waals surface area contributed by atoms with Crippen molar-refractivity contribution in [2.75, 3.05) is 26.3 Å². The number of hydrogen-bond acceptors (Lipinski definition) is 4. The number of ether oxygens (including phenoxy) is 1. The minimum Gasteiger partial charge on any atom is -0.379 e. The topological polar surface area (TPSA) is 55.6 Å². The number of rotatable bonds is 2. The van der Waals surface area contributed by atoms with Crippen LogP contribution in [0.15, 0.2) is 0 Å². The van der Waals surface area contributed by atoms with Crippen molar-refractivity contribution in [2.45, 2.75) is 5.66 Å². The fourth-order valence-corrected chi connectivity index (χ4v) is 1.05. The van der Waals surface area contributed by atoms with Gasteiger partial charge < -0.3 is 10.5 Å². The van der Waals surface area contributed by atoms with Gasteiger partial charge in [-0.15, -0.1) is 0 Å². The van der Waals surface area contributed by atoms with E-state index >= 15 is 0 Å². The van der Waals surface area contributed by atoms with Crippen molar-refractivity contribution in [3.63, 3.8) is 0 Å². The Morgan fingerprint density at radius 3 is 2.55 bits per heavy atom. The second-order valence-electron chi connectivity index (χ2n) is 2.71. The minimum absolute atomic E-state index is 0.627. The lowest BCUT2D eigenvalue weighted by atomic mass is 10.2. The normalized spacial score (nSPS) is 26.0. The third-order valence-corrected chi connectivity index (χ3v) is 1.80. The van der Waals surface area contributed by atoms with Crippen LogP contribution in [0, 0.1) is 6.92 Å². The predicted octanol–water partition coefficient (Wildman–Crippen LogP) is -0.993. The number of nitrogens with two attached hydrogens (primary N) is 1. The molecular formula is C7H13N2O2. The number of aldehydes is 1. The average Bonchev–Trinajstić information content (AvgIpc) is 2.06. The predicted molar refractivity (Wildman–Crippen MR) is 40.7 cm³/mol. The maximum atomic E-state index is 10.5. The number of nitrogens with zero attached hydrogens (tertiary/aromatic N) is 1. The second kappa shape index (κ2) is 3.30. The smallest absolute Gasteiger partial charge is 0.154 e. The average molecular weight is 157 g/mol. The van der Waals surface area contributed by atoms with Gasteiger partial charge in [-0.2, -0.15) is 0 Å². The van der Waals surface area contributed by atoms with E-state index in [2.05, 4.69) is 6.92 Å². The highest BCUT2D eigenvalue weighted by atomic mass is 16.5. The molecule has 0 aliphatic carbocycles. The molecule has 0 aromatic rings. The van der Waals surface area contributed by atoms with Gasteiger partial charge in [0.15, 0.2) is 6.29 Å². The quantitative estimate of drug-likeness (QED) is 0.523. The fourth-order valence-electron chi connectivity index (χ4n) is 1.05. The van der Waals surface area contributed by atoms with Crippen molar-refractivity contribution in [2.24, 2.45) is 5.73 Å². The molecule has 0 bridgehead atoms. The third kappa shape index (κ3) is 1.99. The minimum atomic E-state index is -1.07. The molecule has 1 fully saturated rings. The van der Waals surface area contributed by atoms with E-state index in [4.69, 9.17) is 10.5 Å². The van der Waals surface area contributed by atoms with E-state index in [1.165, 1.54) is 0 Å². The van der Waals surface area contributed by atoms with Crippen molar-refractivity contribution in [3.05, 3.63) is 6.92 Å². The molecule has 1 unspecified atom stereocenters. The largest absolute Gasteiger partial charge is 0.379 e. The molecule has 4 heteroatoms. The van der Waals surface area contributed by atoms with E-state index < -0.39 is 5.66 Å². The summed E-state index contributed by atoms with van der Waals surface area (Å²) in [5.41, 5.74) is 4.52. The van der Waals surface area contributed by atoms with Gasteiger partial charge in [-0.3, -0.25) is 9.69 Å². The first-order valence-electron chi connectivity index (χ1n) is 3.60. The third-order valence-electron chi connectivity index (χ3n) is 1.80. The van der Waals surface area contributed by atoms with Gasteiger partial charge in [-0.05, 0) is 6.92 Å². The number of hydrogen-bond donors (Lipinski definition) is 1. The lowest BCUT2D eigenvalue weighted by molar-refractivity contribution is -0.118. The summed E-state index contributed by atoms with van der Waals surface area (Å²) in [5, 5.41) is 0. The van der Waals surface area contributed by atoms with Crippen LogP contribution in [0.4, 0.5) is 0 Å². The Bertz CT molecular complexity index is 141. The molecule has 1 heterocycles. The zero-order chi connectivity index (χ0) is 8.32. The van der Waals surface area contributed by atoms with E-state index in [0.29, 0.717) is 32.6 Å². The highest BCUT2D eigenvalue weighted by molar-refractivity contribution is 5.64. The summed E-state index contributed by atoms with van der Waals surface area (Å²) in [5.74, 6) is 0. The molecule has 0 aromatic carbocycles. The Balaban J connectivity index is 2.50. The van der Waals surface area contributed by atoms with Crippen LogP contribution in [0.25, 0.3) is 0 Å². The van der Waals surface area contributed by atoms with Crippen molar-refractivity contribution in [1.29, 1.82) is 0 Å². The van der Waals surface area contributed by atoms with Gasteiger partial charge in [0, 0.05) is 13.1 Å². The van der Waals surface area contributed by atoms with Crippen molar-refractivity contribution in [3.8, 4) is 0 Å². The molecule has 1 aliphatic rings. The van der Waals surface area contributed by atoms with Gasteiger partial charge >= 0.3 is 0 Å². The molecule has 11 heavy (non-hydrogen) atoms. The Morgan fingerprint density at radius 1 is 1.55 bits per heavy atom. The summed E-state index contributed by atoms with van der Waals surface area (Å²) in [6.07, 6.45) is 0.665. The number of carbonyl (C=O) groups is 1. The lowest BCUT2D eigenvalue weighted by Crippen LogP contribution is -2.58. The summed E-state index contributed by atoms with van der Waals surface area (Å²) < 4.78 is 5.10. The summed E-state index contributed by atoms with van der Waals surface area (Å²) in [6.45, 7) is 6.21. The Morgan fingerprint density at radius 2 is 2.09 bits per heavy atom. The SMILES string of the molecule is [CH2]C(N)(C=O)N1CCOCC1. The van der Waals surface area contributed by atoms with E-state index in [1.54, 1.807) is 0 Å². The number of morpholine rings is 1. The number of carbonyl (C=O) groups excluding carboxylic acids is 1. The maximum Gasteiger partial charge on any atom is 0.154 e. The summed E-state index contributed by atoms with van der Waals surface area (Å²) in [7, 11) is 0. The van der Waals surface area contributed by atoms with Crippen LogP contribution in [0.5, 0.6) is 0 Å². The molecule has 0 amide bonds. The van der Waals surface area contributed by atoms with Crippen LogP contribution in [-0.4, -0.2) is 43.2 Å². The van der Waals surface area contributed by atoms with Crippen molar-refractivity contribution in [1.82, 2.24) is 4.90 Å². The van der Waals surface area contributed by atoms with E-state index in [9.17, 15) is 4.79 Å². The first kappa shape index (κ1) is 8.64. The van der Waals surface area contributed by atoms with Crippen LogP contribution >= 0.6 is 0 Å². The summed E-state index contributed by atoms with van der Waals surface area (Å²) >= 11 is 0. The molecule has 1 rings (SSSR count). The molecule has 4 nitrogen and oxygen atoms in total. The van der Waals surface area contributed by atoms with Gasteiger partial charge in [-0.1, -0.05) is 0 Å². The zero-order valence-corrected chi connectivity index (χ0v) is 6.45. The first-order valence-corrected chi connectivity index (χ1v) is 3.60. The summed E-state index contributed by atoms with van der Waals surface area (Å²) in [6, 6.07) is 0. The van der Waals surface area contributed by atoms with Crippen molar-refractivity contribution >= 4 is 6.29 Å². The monoisotopic (exact) mass is 157 g/mol. The van der Waals surface area contributed by atoms with Crippen LogP contribution < -0.4 is 5.73 Å². The standard InChI is InChI=1S/C7H13N2O2/c1-7(8,6-10)9-2-4-11-5-3-9/h6H,1-5,8H2. The van der Waals surface area contributed by atoms with Crippen LogP contribution in [0.1, 0.15) is 0 Å². The Labute approximate surface area is 66.3 Å². The molecule has 1 radical (unpaired) electrons. The van der Waals surface area contributed by atoms with Crippen LogP contribution in [0.3, 0.4) is 0 Å². The van der Waals surface area contributed by atoms with E-state index in [-0.39, 0.29) is 0 Å². The lowest BCUT2D eigenvalue weighted by Gasteiger charge is -2.36. The molecule has 0 aromatic heterocycles. The molecule has 0 spiro atoms. The first-order chi connectivity index (χ1) is 5.17. The van der Waals surface area contributed by atoms with Gasteiger partial charge in [0.05, 0.1) is 13.2 Å². The molecule has 1 saturated heterocycles. The molecule has 1 aliphatic heterocycles. The molecule has 63 valence electrons. The highest BCUT2D eigenvalue weighted by Crippen LogP contribution is 2.06. The molecule has 1 atom stereocenters. The Hall–Kier alpha value is -0.450. The molecule has 0 saturated carbocycles. The van der Waals surface area contributed by atoms with Gasteiger partial charge in [-0.25, -0.2) is 0 Å². The fraction of sp³-hybridized carbons (Fsp3) is 0.714. The van der Waals surface area contributed by atoms with Gasteiger partial charge in [0.2, 0.25) is 0 Å². The highest BCUT2D eigenvalue weighted by Gasteiger charge is 2.27. The van der Waals surface area contributed by atoms with Crippen LogP contribution in [0.2, 0.25) is 0 Å². The second-order valence-corrected chi connectivity index (χ2v) is 2.71. The van der Waals surface area contributed by atoms with Gasteiger partial charge in [0.25, 0.3) is 0 Å². The maximum absolute atomic E-state index is 10.5. The Kier molecular flexibility index (Phi) is 2.59. The van der Waals surface area contributed by atoms with Gasteiger partial charge in [0.1, 0.15) is 5.66 Å².